The Morgan fingerprint density at radius 3 is 1.83 bits per heavy atom. The summed E-state index contributed by atoms with van der Waals surface area (Å²) in [5.74, 6) is 0.382. The molecule has 126 valence electrons. The Hall–Kier alpha value is -2.64. The van der Waals surface area contributed by atoms with Crippen LogP contribution < -0.4 is 10.2 Å². The van der Waals surface area contributed by atoms with Gasteiger partial charge in [-0.3, -0.25) is 0 Å². The molecule has 1 aromatic carbocycles. The first kappa shape index (κ1) is 16.2. The summed E-state index contributed by atoms with van der Waals surface area (Å²) in [6.45, 7) is 0. The number of nitrogens with one attached hydrogen (secondary N) is 1. The minimum Gasteiger partial charge on any atom is -0.346 e. The van der Waals surface area contributed by atoms with Gasteiger partial charge in [-0.2, -0.15) is 26.3 Å². The third-order valence-electron chi connectivity index (χ3n) is 3.47. The van der Waals surface area contributed by atoms with Crippen LogP contribution in [0.5, 0.6) is 0 Å². The molecule has 2 nitrogen and oxygen atoms in total. The molecule has 0 atom stereocenters. The van der Waals surface area contributed by atoms with Gasteiger partial charge in [0.25, 0.3) is 0 Å². The summed E-state index contributed by atoms with van der Waals surface area (Å²) in [5.41, 5.74) is -2.29. The largest absolute Gasteiger partial charge is 0.416 e. The zero-order chi connectivity index (χ0) is 17.5. The first-order valence-electron chi connectivity index (χ1n) is 6.77. The maximum Gasteiger partial charge on any atom is 0.416 e. The lowest BCUT2D eigenvalue weighted by molar-refractivity contribution is -0.143. The van der Waals surface area contributed by atoms with Crippen molar-refractivity contribution < 1.29 is 26.3 Å². The van der Waals surface area contributed by atoms with Crippen LogP contribution in [0.2, 0.25) is 0 Å². The maximum absolute atomic E-state index is 13.0. The molecule has 1 heterocycles. The van der Waals surface area contributed by atoms with E-state index in [1.165, 1.54) is 17.3 Å². The third-order valence-corrected chi connectivity index (χ3v) is 3.47. The van der Waals surface area contributed by atoms with Crippen LogP contribution in [0.3, 0.4) is 0 Å². The van der Waals surface area contributed by atoms with Crippen LogP contribution >= 0.6 is 0 Å². The molecule has 1 aliphatic heterocycles. The second-order valence-corrected chi connectivity index (χ2v) is 5.12. The van der Waals surface area contributed by atoms with Crippen LogP contribution in [0.4, 0.5) is 32.0 Å². The van der Waals surface area contributed by atoms with E-state index in [4.69, 9.17) is 0 Å². The Balaban J connectivity index is 2.13. The van der Waals surface area contributed by atoms with E-state index >= 15 is 0 Å². The number of anilines is 1. The average molecular weight is 344 g/mol. The van der Waals surface area contributed by atoms with Crippen molar-refractivity contribution in [3.8, 4) is 0 Å². The highest BCUT2D eigenvalue weighted by Gasteiger charge is 2.37. The molecule has 1 aliphatic carbocycles. The Labute approximate surface area is 133 Å². The smallest absolute Gasteiger partial charge is 0.346 e. The van der Waals surface area contributed by atoms with E-state index in [1.54, 1.807) is 24.3 Å². The van der Waals surface area contributed by atoms with E-state index in [0.29, 0.717) is 23.5 Å². The molecule has 8 heteroatoms. The Morgan fingerprint density at radius 1 is 0.792 bits per heavy atom. The Bertz CT molecular complexity index is 734. The summed E-state index contributed by atoms with van der Waals surface area (Å²) in [4.78, 5) is 1.25. The van der Waals surface area contributed by atoms with Crippen molar-refractivity contribution in [2.75, 3.05) is 4.90 Å². The summed E-state index contributed by atoms with van der Waals surface area (Å²) in [6.07, 6.45) is -0.128. The highest BCUT2D eigenvalue weighted by Crippen LogP contribution is 2.39. The molecule has 0 amide bonds. The molecular formula is C16H10F6N2. The number of rotatable bonds is 1. The molecule has 0 aromatic heterocycles. The molecule has 24 heavy (non-hydrogen) atoms. The van der Waals surface area contributed by atoms with Gasteiger partial charge in [-0.05, 0) is 18.2 Å². The lowest BCUT2D eigenvalue weighted by atomic mass is 10.1. The van der Waals surface area contributed by atoms with Crippen LogP contribution in [0.1, 0.15) is 11.1 Å². The van der Waals surface area contributed by atoms with Gasteiger partial charge in [0.1, 0.15) is 5.82 Å². The minimum atomic E-state index is -4.88. The lowest BCUT2D eigenvalue weighted by Gasteiger charge is -2.22. The highest BCUT2D eigenvalue weighted by molar-refractivity contribution is 5.63. The number of halogens is 6. The summed E-state index contributed by atoms with van der Waals surface area (Å²) in [6, 6.07) is 1.49. The highest BCUT2D eigenvalue weighted by atomic mass is 19.4. The van der Waals surface area contributed by atoms with E-state index < -0.39 is 23.5 Å². The molecule has 1 aromatic rings. The van der Waals surface area contributed by atoms with Gasteiger partial charge in [0.2, 0.25) is 0 Å². The monoisotopic (exact) mass is 344 g/mol. The van der Waals surface area contributed by atoms with Crippen LogP contribution in [-0.4, -0.2) is 0 Å². The molecule has 0 bridgehead atoms. The summed E-state index contributed by atoms with van der Waals surface area (Å²) in [7, 11) is 0. The van der Waals surface area contributed by atoms with Gasteiger partial charge in [-0.1, -0.05) is 24.3 Å². The molecule has 1 N–H and O–H groups in total. The van der Waals surface area contributed by atoms with Crippen molar-refractivity contribution in [2.24, 2.45) is 0 Å². The fourth-order valence-corrected chi connectivity index (χ4v) is 2.38. The SMILES string of the molecule is FC(F)(F)c1cc(N2C=CNC2=C2C=CC=C2)cc(C(F)(F)F)c1. The molecule has 3 rings (SSSR count). The quantitative estimate of drug-likeness (QED) is 0.726. The predicted octanol–water partition coefficient (Wildman–Crippen LogP) is 4.94. The number of alkyl halides is 6. The summed E-state index contributed by atoms with van der Waals surface area (Å²) >= 11 is 0. The first-order chi connectivity index (χ1) is 11.2. The van der Waals surface area contributed by atoms with Crippen molar-refractivity contribution in [3.05, 3.63) is 77.4 Å². The molecule has 0 saturated heterocycles. The predicted molar refractivity (Wildman–Crippen MR) is 76.5 cm³/mol. The van der Waals surface area contributed by atoms with Crippen molar-refractivity contribution in [1.29, 1.82) is 0 Å². The van der Waals surface area contributed by atoms with Gasteiger partial charge in [-0.25, -0.2) is 0 Å². The van der Waals surface area contributed by atoms with Crippen molar-refractivity contribution in [1.82, 2.24) is 5.32 Å². The maximum atomic E-state index is 13.0. The molecule has 0 spiro atoms. The number of benzene rings is 1. The third kappa shape index (κ3) is 3.04. The van der Waals surface area contributed by atoms with Gasteiger partial charge in [0, 0.05) is 23.7 Å². The number of allylic oxidation sites excluding steroid dienone is 5. The first-order valence-corrected chi connectivity index (χ1v) is 6.77. The van der Waals surface area contributed by atoms with Crippen molar-refractivity contribution >= 4 is 5.69 Å². The Morgan fingerprint density at radius 2 is 1.33 bits per heavy atom. The second kappa shape index (κ2) is 5.47. The fraction of sp³-hybridized carbons (Fsp3) is 0.125. The van der Waals surface area contributed by atoms with Gasteiger partial charge < -0.3 is 10.2 Å². The molecule has 0 saturated carbocycles. The molecule has 0 fully saturated rings. The average Bonchev–Trinajstić information content (AvgIpc) is 3.15. The number of hydrogen-bond acceptors (Lipinski definition) is 2. The Kier molecular flexibility index (Phi) is 3.70. The minimum absolute atomic E-state index is 0.110. The molecule has 0 unspecified atom stereocenters. The lowest BCUT2D eigenvalue weighted by Crippen LogP contribution is -2.21. The van der Waals surface area contributed by atoms with Crippen LogP contribution in [0.15, 0.2) is 66.3 Å². The standard InChI is InChI=1S/C16H10F6N2/c17-15(18,19)11-7-12(16(20,21)22)9-13(8-11)24-6-5-23-14(24)10-3-1-2-4-10/h1-9,23H. The van der Waals surface area contributed by atoms with Crippen LogP contribution in [0.25, 0.3) is 0 Å². The van der Waals surface area contributed by atoms with Gasteiger partial charge in [0.05, 0.1) is 11.1 Å². The molecule has 2 aliphatic rings. The van der Waals surface area contributed by atoms with E-state index in [9.17, 15) is 26.3 Å². The van der Waals surface area contributed by atoms with Crippen LogP contribution in [-0.2, 0) is 12.4 Å². The normalized spacial score (nSPS) is 17.2. The molecule has 0 radical (unpaired) electrons. The second-order valence-electron chi connectivity index (χ2n) is 5.12. The topological polar surface area (TPSA) is 15.3 Å². The van der Waals surface area contributed by atoms with E-state index in [1.807, 2.05) is 0 Å². The van der Waals surface area contributed by atoms with E-state index in [-0.39, 0.29) is 11.8 Å². The number of nitrogens with zero attached hydrogens (tertiary/aromatic N) is 1. The number of hydrogen-bond donors (Lipinski definition) is 1. The van der Waals surface area contributed by atoms with Gasteiger partial charge in [-0.15, -0.1) is 0 Å². The van der Waals surface area contributed by atoms with Crippen LogP contribution in [0, 0.1) is 0 Å². The van der Waals surface area contributed by atoms with Crippen molar-refractivity contribution in [3.63, 3.8) is 0 Å². The van der Waals surface area contributed by atoms with Gasteiger partial charge >= 0.3 is 12.4 Å². The zero-order valence-electron chi connectivity index (χ0n) is 11.9. The molecular weight excluding hydrogens is 334 g/mol. The fourth-order valence-electron chi connectivity index (χ4n) is 2.38. The summed E-state index contributed by atoms with van der Waals surface area (Å²) < 4.78 is 77.8. The summed E-state index contributed by atoms with van der Waals surface area (Å²) in [5, 5.41) is 2.82. The van der Waals surface area contributed by atoms with E-state index in [0.717, 1.165) is 0 Å². The van der Waals surface area contributed by atoms with E-state index in [2.05, 4.69) is 5.32 Å². The van der Waals surface area contributed by atoms with Crippen molar-refractivity contribution in [2.45, 2.75) is 12.4 Å². The van der Waals surface area contributed by atoms with Gasteiger partial charge in [0.15, 0.2) is 0 Å². The zero-order valence-corrected chi connectivity index (χ0v) is 11.9.